The van der Waals surface area contributed by atoms with E-state index in [2.05, 4.69) is 33.9 Å². The van der Waals surface area contributed by atoms with Crippen molar-refractivity contribution in [2.75, 3.05) is 5.73 Å². The molecule has 0 fully saturated rings. The summed E-state index contributed by atoms with van der Waals surface area (Å²) in [5, 5.41) is 0.102. The molecular weight excluding hydrogens is 221 g/mol. The summed E-state index contributed by atoms with van der Waals surface area (Å²) in [5.74, 6) is 0.148. The van der Waals surface area contributed by atoms with Gasteiger partial charge in [0.05, 0.1) is 5.69 Å². The monoisotopic (exact) mass is 241 g/mol. The molecule has 0 heterocycles. The van der Waals surface area contributed by atoms with Gasteiger partial charge in [-0.25, -0.2) is 4.39 Å². The van der Waals surface area contributed by atoms with E-state index < -0.39 is 14.1 Å². The molecule has 0 aliphatic rings. The Bertz CT molecular complexity index is 385. The van der Waals surface area contributed by atoms with Crippen LogP contribution in [0.15, 0.2) is 18.2 Å². The van der Waals surface area contributed by atoms with Crippen molar-refractivity contribution in [2.45, 2.75) is 38.9 Å². The molecule has 2 nitrogen and oxygen atoms in total. The highest BCUT2D eigenvalue weighted by molar-refractivity contribution is 6.74. The minimum Gasteiger partial charge on any atom is -0.543 e. The van der Waals surface area contributed by atoms with Crippen LogP contribution < -0.4 is 10.2 Å². The Morgan fingerprint density at radius 3 is 2.25 bits per heavy atom. The summed E-state index contributed by atoms with van der Waals surface area (Å²) in [7, 11) is -1.89. The largest absolute Gasteiger partial charge is 0.543 e. The van der Waals surface area contributed by atoms with Crippen molar-refractivity contribution < 1.29 is 8.82 Å². The van der Waals surface area contributed by atoms with Gasteiger partial charge in [0.2, 0.25) is 8.32 Å². The lowest BCUT2D eigenvalue weighted by molar-refractivity contribution is 0.487. The minimum atomic E-state index is -1.89. The van der Waals surface area contributed by atoms with E-state index >= 15 is 0 Å². The SMILES string of the molecule is CC(C)(C)[Si](C)(C)Oc1ccc(N)c(F)c1. The van der Waals surface area contributed by atoms with Crippen LogP contribution in [-0.2, 0) is 0 Å². The molecule has 0 atom stereocenters. The highest BCUT2D eigenvalue weighted by atomic mass is 28.4. The van der Waals surface area contributed by atoms with Gasteiger partial charge in [0.25, 0.3) is 0 Å². The Kier molecular flexibility index (Phi) is 3.33. The average Bonchev–Trinajstić information content (AvgIpc) is 2.09. The van der Waals surface area contributed by atoms with Gasteiger partial charge in [0, 0.05) is 6.07 Å². The van der Waals surface area contributed by atoms with Gasteiger partial charge in [-0.3, -0.25) is 0 Å². The summed E-state index contributed by atoms with van der Waals surface area (Å²) in [6.07, 6.45) is 0. The van der Waals surface area contributed by atoms with Crippen LogP contribution in [0.4, 0.5) is 10.1 Å². The van der Waals surface area contributed by atoms with Gasteiger partial charge in [-0.15, -0.1) is 0 Å². The third-order valence-corrected chi connectivity index (χ3v) is 7.51. The van der Waals surface area contributed by atoms with Crippen molar-refractivity contribution in [2.24, 2.45) is 0 Å². The van der Waals surface area contributed by atoms with E-state index in [9.17, 15) is 4.39 Å². The third-order valence-electron chi connectivity index (χ3n) is 3.15. The molecule has 1 aromatic rings. The highest BCUT2D eigenvalue weighted by Crippen LogP contribution is 2.37. The van der Waals surface area contributed by atoms with Crippen LogP contribution in [0.5, 0.6) is 5.75 Å². The molecule has 0 saturated carbocycles. The Balaban J connectivity index is 2.93. The van der Waals surface area contributed by atoms with Gasteiger partial charge < -0.3 is 10.2 Å². The summed E-state index contributed by atoms with van der Waals surface area (Å²) in [4.78, 5) is 0. The van der Waals surface area contributed by atoms with Gasteiger partial charge in [-0.1, -0.05) is 20.8 Å². The first-order chi connectivity index (χ1) is 7.13. The second kappa shape index (κ2) is 4.09. The molecule has 0 aromatic heterocycles. The highest BCUT2D eigenvalue weighted by Gasteiger charge is 2.38. The predicted octanol–water partition coefficient (Wildman–Crippen LogP) is 3.79. The quantitative estimate of drug-likeness (QED) is 0.631. The van der Waals surface area contributed by atoms with Gasteiger partial charge in [0.15, 0.2) is 0 Å². The molecule has 0 aliphatic carbocycles. The number of benzene rings is 1. The molecule has 16 heavy (non-hydrogen) atoms. The molecular formula is C12H20FNOSi. The molecule has 0 radical (unpaired) electrons. The van der Waals surface area contributed by atoms with Gasteiger partial charge in [0.1, 0.15) is 11.6 Å². The molecule has 0 aliphatic heterocycles. The van der Waals surface area contributed by atoms with Crippen LogP contribution in [0.25, 0.3) is 0 Å². The van der Waals surface area contributed by atoms with Crippen LogP contribution in [0.1, 0.15) is 20.8 Å². The van der Waals surface area contributed by atoms with E-state index in [1.165, 1.54) is 12.1 Å². The first-order valence-corrected chi connectivity index (χ1v) is 8.28. The molecule has 0 saturated heterocycles. The van der Waals surface area contributed by atoms with E-state index in [1.54, 1.807) is 6.07 Å². The van der Waals surface area contributed by atoms with Crippen molar-refractivity contribution in [3.63, 3.8) is 0 Å². The lowest BCUT2D eigenvalue weighted by Gasteiger charge is -2.36. The van der Waals surface area contributed by atoms with E-state index in [0.717, 1.165) is 0 Å². The van der Waals surface area contributed by atoms with Crippen molar-refractivity contribution in [3.05, 3.63) is 24.0 Å². The lowest BCUT2D eigenvalue weighted by Crippen LogP contribution is -2.43. The Labute approximate surface area is 97.7 Å². The van der Waals surface area contributed by atoms with E-state index in [-0.39, 0.29) is 10.7 Å². The summed E-state index contributed by atoms with van der Waals surface area (Å²) < 4.78 is 19.2. The summed E-state index contributed by atoms with van der Waals surface area (Å²) in [6, 6.07) is 4.62. The average molecular weight is 241 g/mol. The molecule has 2 N–H and O–H groups in total. The molecule has 4 heteroatoms. The van der Waals surface area contributed by atoms with Crippen molar-refractivity contribution >= 4 is 14.0 Å². The fourth-order valence-electron chi connectivity index (χ4n) is 1.02. The number of hydrogen-bond acceptors (Lipinski definition) is 2. The Morgan fingerprint density at radius 2 is 1.81 bits per heavy atom. The smallest absolute Gasteiger partial charge is 0.250 e. The molecule has 0 spiro atoms. The van der Waals surface area contributed by atoms with Gasteiger partial charge in [-0.05, 0) is 30.3 Å². The molecule has 90 valence electrons. The maximum Gasteiger partial charge on any atom is 0.250 e. The predicted molar refractivity (Wildman–Crippen MR) is 68.6 cm³/mol. The van der Waals surface area contributed by atoms with E-state index in [0.29, 0.717) is 5.75 Å². The zero-order chi connectivity index (χ0) is 12.6. The maximum atomic E-state index is 13.3. The van der Waals surface area contributed by atoms with Crippen molar-refractivity contribution in [1.82, 2.24) is 0 Å². The van der Waals surface area contributed by atoms with Crippen LogP contribution >= 0.6 is 0 Å². The third kappa shape index (κ3) is 2.75. The van der Waals surface area contributed by atoms with Crippen LogP contribution in [0.3, 0.4) is 0 Å². The Hall–Kier alpha value is -1.03. The van der Waals surface area contributed by atoms with Crippen molar-refractivity contribution in [1.29, 1.82) is 0 Å². The maximum absolute atomic E-state index is 13.3. The van der Waals surface area contributed by atoms with Crippen LogP contribution in [0.2, 0.25) is 18.1 Å². The number of halogens is 1. The summed E-state index contributed by atoms with van der Waals surface area (Å²) in [5.41, 5.74) is 5.57. The van der Waals surface area contributed by atoms with E-state index in [4.69, 9.17) is 10.2 Å². The topological polar surface area (TPSA) is 35.2 Å². The zero-order valence-electron chi connectivity index (χ0n) is 10.6. The fourth-order valence-corrected chi connectivity index (χ4v) is 2.04. The minimum absolute atomic E-state index is 0.102. The van der Waals surface area contributed by atoms with Gasteiger partial charge in [-0.2, -0.15) is 0 Å². The second-order valence-corrected chi connectivity index (χ2v) is 10.3. The Morgan fingerprint density at radius 1 is 1.25 bits per heavy atom. The molecule has 0 amide bonds. The number of rotatable bonds is 2. The first kappa shape index (κ1) is 13.0. The molecule has 1 rings (SSSR count). The summed E-state index contributed by atoms with van der Waals surface area (Å²) >= 11 is 0. The molecule has 0 bridgehead atoms. The zero-order valence-corrected chi connectivity index (χ0v) is 11.6. The van der Waals surface area contributed by atoms with E-state index in [1.807, 2.05) is 0 Å². The first-order valence-electron chi connectivity index (χ1n) is 5.37. The van der Waals surface area contributed by atoms with Crippen LogP contribution in [0, 0.1) is 5.82 Å². The second-order valence-electron chi connectivity index (χ2n) is 5.55. The summed E-state index contributed by atoms with van der Waals surface area (Å²) in [6.45, 7) is 10.7. The normalized spacial score (nSPS) is 12.6. The van der Waals surface area contributed by atoms with Crippen molar-refractivity contribution in [3.8, 4) is 5.75 Å². The molecule has 0 unspecified atom stereocenters. The standard InChI is InChI=1S/C12H20FNOSi/c1-12(2,3)16(4,5)15-9-6-7-11(14)10(13)8-9/h6-8H,14H2,1-5H3. The van der Waals surface area contributed by atoms with Crippen LogP contribution in [-0.4, -0.2) is 8.32 Å². The number of anilines is 1. The number of nitrogen functional groups attached to an aromatic ring is 1. The molecule has 1 aromatic carbocycles. The van der Waals surface area contributed by atoms with Gasteiger partial charge >= 0.3 is 0 Å². The fraction of sp³-hybridized carbons (Fsp3) is 0.500. The lowest BCUT2D eigenvalue weighted by atomic mass is 10.2. The number of hydrogen-bond donors (Lipinski definition) is 1. The number of nitrogens with two attached hydrogens (primary N) is 1.